The predicted octanol–water partition coefficient (Wildman–Crippen LogP) is 7.11. The molecule has 2 aliphatic rings. The minimum Gasteiger partial charge on any atom is -0.204 e. The zero-order valence-corrected chi connectivity index (χ0v) is 15.3. The van der Waals surface area contributed by atoms with Gasteiger partial charge in [0, 0.05) is 5.41 Å². The van der Waals surface area contributed by atoms with E-state index >= 15 is 0 Å². The van der Waals surface area contributed by atoms with Crippen molar-refractivity contribution >= 4 is 0 Å². The molecule has 1 aromatic carbocycles. The van der Waals surface area contributed by atoms with Crippen LogP contribution < -0.4 is 0 Å². The molecule has 0 radical (unpaired) electrons. The molecular formula is C23H30F2. The Morgan fingerprint density at radius 3 is 2.44 bits per heavy atom. The molecule has 136 valence electrons. The van der Waals surface area contributed by atoms with Gasteiger partial charge in [0.2, 0.25) is 0 Å². The van der Waals surface area contributed by atoms with Crippen molar-refractivity contribution in [3.63, 3.8) is 0 Å². The number of hydrogen-bond acceptors (Lipinski definition) is 0. The predicted molar refractivity (Wildman–Crippen MR) is 101 cm³/mol. The molecule has 1 saturated carbocycles. The van der Waals surface area contributed by atoms with Crippen LogP contribution in [0.1, 0.15) is 70.3 Å². The third-order valence-corrected chi connectivity index (χ3v) is 6.34. The lowest BCUT2D eigenvalue weighted by atomic mass is 9.61. The number of rotatable bonds is 6. The van der Waals surface area contributed by atoms with Crippen LogP contribution in [0, 0.1) is 23.5 Å². The summed E-state index contributed by atoms with van der Waals surface area (Å²) in [4.78, 5) is 0. The van der Waals surface area contributed by atoms with Crippen LogP contribution in [0.3, 0.4) is 0 Å². The first-order valence-corrected chi connectivity index (χ1v) is 9.95. The van der Waals surface area contributed by atoms with Gasteiger partial charge in [-0.15, -0.1) is 0 Å². The highest BCUT2D eigenvalue weighted by Gasteiger charge is 2.40. The monoisotopic (exact) mass is 344 g/mol. The maximum absolute atomic E-state index is 13.9. The Bertz CT molecular complexity index is 623. The summed E-state index contributed by atoms with van der Waals surface area (Å²) in [6, 6.07) is 4.50. The van der Waals surface area contributed by atoms with E-state index in [1.54, 1.807) is 6.07 Å². The van der Waals surface area contributed by atoms with E-state index in [2.05, 4.69) is 31.2 Å². The first-order chi connectivity index (χ1) is 12.2. The van der Waals surface area contributed by atoms with E-state index in [-0.39, 0.29) is 5.41 Å². The van der Waals surface area contributed by atoms with Crippen molar-refractivity contribution in [1.82, 2.24) is 0 Å². The number of halogens is 2. The molecule has 1 aromatic rings. The van der Waals surface area contributed by atoms with Gasteiger partial charge in [-0.05, 0) is 48.8 Å². The molecule has 0 saturated heterocycles. The lowest BCUT2D eigenvalue weighted by Crippen LogP contribution is -2.36. The van der Waals surface area contributed by atoms with E-state index < -0.39 is 11.6 Å². The van der Waals surface area contributed by atoms with Gasteiger partial charge in [0.1, 0.15) is 0 Å². The van der Waals surface area contributed by atoms with Crippen LogP contribution in [0.2, 0.25) is 0 Å². The van der Waals surface area contributed by atoms with E-state index in [1.165, 1.54) is 63.5 Å². The molecule has 2 heteroatoms. The summed E-state index contributed by atoms with van der Waals surface area (Å²) in [5, 5.41) is 0. The van der Waals surface area contributed by atoms with Crippen LogP contribution in [0.25, 0.3) is 0 Å². The molecule has 0 N–H and O–H groups in total. The van der Waals surface area contributed by atoms with Crippen molar-refractivity contribution < 1.29 is 8.78 Å². The van der Waals surface area contributed by atoms with Crippen molar-refractivity contribution in [2.75, 3.05) is 0 Å². The van der Waals surface area contributed by atoms with Gasteiger partial charge in [0.25, 0.3) is 0 Å². The summed E-state index contributed by atoms with van der Waals surface area (Å²) >= 11 is 0. The van der Waals surface area contributed by atoms with Crippen molar-refractivity contribution in [2.24, 2.45) is 11.8 Å². The van der Waals surface area contributed by atoms with Crippen LogP contribution in [0.4, 0.5) is 8.78 Å². The summed E-state index contributed by atoms with van der Waals surface area (Å²) < 4.78 is 27.3. The van der Waals surface area contributed by atoms with Crippen molar-refractivity contribution in [3.05, 3.63) is 59.7 Å². The summed E-state index contributed by atoms with van der Waals surface area (Å²) in [6.45, 7) is 2.26. The molecule has 0 bridgehead atoms. The fourth-order valence-electron chi connectivity index (χ4n) is 4.82. The topological polar surface area (TPSA) is 0 Å². The van der Waals surface area contributed by atoms with Gasteiger partial charge in [-0.1, -0.05) is 75.8 Å². The molecule has 0 aliphatic heterocycles. The first-order valence-electron chi connectivity index (χ1n) is 9.95. The molecule has 0 spiro atoms. The molecule has 0 aromatic heterocycles. The molecule has 0 heterocycles. The van der Waals surface area contributed by atoms with Crippen LogP contribution in [-0.2, 0) is 5.41 Å². The number of allylic oxidation sites excluding steroid dienone is 4. The van der Waals surface area contributed by atoms with Crippen molar-refractivity contribution in [2.45, 2.75) is 70.1 Å². The largest absolute Gasteiger partial charge is 0.204 e. The summed E-state index contributed by atoms with van der Waals surface area (Å²) in [6.07, 6.45) is 19.7. The second-order valence-corrected chi connectivity index (χ2v) is 7.87. The number of benzene rings is 1. The Labute approximate surface area is 151 Å². The van der Waals surface area contributed by atoms with Crippen LogP contribution in [0.5, 0.6) is 0 Å². The minimum atomic E-state index is -0.756. The highest BCUT2D eigenvalue weighted by molar-refractivity contribution is 5.37. The van der Waals surface area contributed by atoms with Gasteiger partial charge in [0.05, 0.1) is 0 Å². The Balaban J connectivity index is 1.75. The van der Waals surface area contributed by atoms with Crippen molar-refractivity contribution in [1.29, 1.82) is 0 Å². The maximum Gasteiger partial charge on any atom is 0.159 e. The second-order valence-electron chi connectivity index (χ2n) is 7.87. The van der Waals surface area contributed by atoms with Gasteiger partial charge in [0.15, 0.2) is 11.6 Å². The molecule has 3 rings (SSSR count). The average Bonchev–Trinajstić information content (AvgIpc) is 2.65. The highest BCUT2D eigenvalue weighted by atomic mass is 19.2. The smallest absolute Gasteiger partial charge is 0.159 e. The van der Waals surface area contributed by atoms with E-state index in [0.29, 0.717) is 5.92 Å². The molecule has 0 nitrogen and oxygen atoms in total. The Morgan fingerprint density at radius 2 is 1.80 bits per heavy atom. The van der Waals surface area contributed by atoms with Crippen molar-refractivity contribution in [3.8, 4) is 0 Å². The van der Waals surface area contributed by atoms with Gasteiger partial charge in [-0.2, -0.15) is 0 Å². The van der Waals surface area contributed by atoms with Crippen LogP contribution >= 0.6 is 0 Å². The SMILES string of the molecule is CCCCCC1CCC(C2(c3ccc(F)c(F)c3)C=CC=CC2)CC1. The van der Waals surface area contributed by atoms with Gasteiger partial charge < -0.3 is 0 Å². The fraction of sp³-hybridized carbons (Fsp3) is 0.565. The normalized spacial score (nSPS) is 29.1. The van der Waals surface area contributed by atoms with Gasteiger partial charge >= 0.3 is 0 Å². The second kappa shape index (κ2) is 8.29. The molecule has 1 fully saturated rings. The van der Waals surface area contributed by atoms with Gasteiger partial charge in [-0.3, -0.25) is 0 Å². The zero-order chi connectivity index (χ0) is 17.7. The molecular weight excluding hydrogens is 314 g/mol. The molecule has 0 amide bonds. The molecule has 1 atom stereocenters. The molecule has 25 heavy (non-hydrogen) atoms. The average molecular weight is 344 g/mol. The lowest BCUT2D eigenvalue weighted by molar-refractivity contribution is 0.192. The maximum atomic E-state index is 13.9. The van der Waals surface area contributed by atoms with E-state index in [0.717, 1.165) is 17.9 Å². The molecule has 2 aliphatic carbocycles. The Hall–Kier alpha value is -1.44. The first kappa shape index (κ1) is 18.4. The van der Waals surface area contributed by atoms with E-state index in [4.69, 9.17) is 0 Å². The summed E-state index contributed by atoms with van der Waals surface area (Å²) in [5.41, 5.74) is 0.763. The zero-order valence-electron chi connectivity index (χ0n) is 15.3. The van der Waals surface area contributed by atoms with Crippen LogP contribution in [-0.4, -0.2) is 0 Å². The number of unbranched alkanes of at least 4 members (excludes halogenated alkanes) is 2. The Morgan fingerprint density at radius 1 is 1.00 bits per heavy atom. The van der Waals surface area contributed by atoms with Gasteiger partial charge in [-0.25, -0.2) is 8.78 Å². The summed E-state index contributed by atoms with van der Waals surface area (Å²) in [7, 11) is 0. The summed E-state index contributed by atoms with van der Waals surface area (Å²) in [5.74, 6) is -0.115. The fourth-order valence-corrected chi connectivity index (χ4v) is 4.82. The number of hydrogen-bond donors (Lipinski definition) is 0. The Kier molecular flexibility index (Phi) is 6.09. The standard InChI is InChI=1S/C23H30F2/c1-2-3-5-8-18-9-11-19(12-10-18)23(15-6-4-7-16-23)20-13-14-21(24)22(25)17-20/h4,6-7,13-15,17-19H,2-3,5,8-12,16H2,1H3. The molecule has 1 unspecified atom stereocenters. The lowest BCUT2D eigenvalue weighted by Gasteiger charge is -2.43. The quantitative estimate of drug-likeness (QED) is 0.483. The minimum absolute atomic E-state index is 0.169. The highest BCUT2D eigenvalue weighted by Crippen LogP contribution is 2.48. The van der Waals surface area contributed by atoms with Crippen LogP contribution in [0.15, 0.2) is 42.5 Å². The third-order valence-electron chi connectivity index (χ3n) is 6.34. The van der Waals surface area contributed by atoms with E-state index in [1.807, 2.05) is 0 Å². The van der Waals surface area contributed by atoms with E-state index in [9.17, 15) is 8.78 Å². The third kappa shape index (κ3) is 4.04.